The van der Waals surface area contributed by atoms with E-state index in [0.29, 0.717) is 5.92 Å². The van der Waals surface area contributed by atoms with Gasteiger partial charge in [-0.05, 0) is 138 Å². The first-order chi connectivity index (χ1) is 25.1. The zero-order valence-corrected chi connectivity index (χ0v) is 33.9. The summed E-state index contributed by atoms with van der Waals surface area (Å²) >= 11 is 0. The molecule has 0 bridgehead atoms. The van der Waals surface area contributed by atoms with Crippen molar-refractivity contribution in [1.29, 1.82) is 0 Å². The van der Waals surface area contributed by atoms with Gasteiger partial charge in [0.1, 0.15) is 0 Å². The molecule has 0 aliphatic heterocycles. The maximum atomic E-state index is 2.53. The quantitative estimate of drug-likeness (QED) is 0.153. The van der Waals surface area contributed by atoms with Crippen molar-refractivity contribution in [3.8, 4) is 11.1 Å². The lowest BCUT2D eigenvalue weighted by Crippen LogP contribution is -2.27. The summed E-state index contributed by atoms with van der Waals surface area (Å²) in [6, 6.07) is 41.3. The van der Waals surface area contributed by atoms with Gasteiger partial charge >= 0.3 is 0 Å². The molecule has 53 heavy (non-hydrogen) atoms. The molecule has 7 rings (SSSR count). The number of hydrogen-bond acceptors (Lipinski definition) is 1. The van der Waals surface area contributed by atoms with Gasteiger partial charge in [-0.25, -0.2) is 0 Å². The van der Waals surface area contributed by atoms with Crippen LogP contribution in [0.5, 0.6) is 0 Å². The van der Waals surface area contributed by atoms with E-state index < -0.39 is 0 Å². The Balaban J connectivity index is 1.32. The normalized spacial score (nSPS) is 17.4. The Morgan fingerprint density at radius 3 is 1.72 bits per heavy atom. The fourth-order valence-corrected chi connectivity index (χ4v) is 8.39. The van der Waals surface area contributed by atoms with Crippen LogP contribution in [0, 0.1) is 25.2 Å². The van der Waals surface area contributed by atoms with E-state index in [-0.39, 0.29) is 16.2 Å². The number of allylic oxidation sites excluding steroid dienone is 5. The Labute approximate surface area is 319 Å². The molecule has 2 atom stereocenters. The highest BCUT2D eigenvalue weighted by atomic mass is 15.1. The van der Waals surface area contributed by atoms with Gasteiger partial charge in [0.2, 0.25) is 0 Å². The van der Waals surface area contributed by atoms with E-state index in [9.17, 15) is 0 Å². The summed E-state index contributed by atoms with van der Waals surface area (Å²) in [7, 11) is 0. The van der Waals surface area contributed by atoms with Crippen LogP contribution in [0.2, 0.25) is 0 Å². The minimum atomic E-state index is -0.269. The first-order valence-electron chi connectivity index (χ1n) is 19.5. The van der Waals surface area contributed by atoms with Crippen molar-refractivity contribution in [2.75, 3.05) is 4.90 Å². The smallest absolute Gasteiger partial charge is 0.0637 e. The van der Waals surface area contributed by atoms with Gasteiger partial charge in [0.05, 0.1) is 5.41 Å². The maximum Gasteiger partial charge on any atom is 0.0637 e. The first-order valence-corrected chi connectivity index (χ1v) is 19.5. The lowest BCUT2D eigenvalue weighted by atomic mass is 9.68. The van der Waals surface area contributed by atoms with E-state index in [0.717, 1.165) is 23.5 Å². The number of benzene rings is 5. The van der Waals surface area contributed by atoms with Gasteiger partial charge in [0.25, 0.3) is 0 Å². The molecule has 0 aromatic heterocycles. The molecule has 0 heterocycles. The first kappa shape index (κ1) is 36.5. The van der Waals surface area contributed by atoms with E-state index in [1.54, 1.807) is 0 Å². The van der Waals surface area contributed by atoms with Crippen molar-refractivity contribution in [3.63, 3.8) is 0 Å². The van der Waals surface area contributed by atoms with E-state index in [4.69, 9.17) is 0 Å². The molecule has 1 nitrogen and oxygen atoms in total. The number of nitrogens with zero attached hydrogens (tertiary/aromatic N) is 1. The fraction of sp³-hybridized carbons (Fsp3) is 0.308. The van der Waals surface area contributed by atoms with Crippen LogP contribution in [0.15, 0.2) is 132 Å². The molecule has 0 radical (unpaired) electrons. The van der Waals surface area contributed by atoms with Crippen LogP contribution in [-0.2, 0) is 10.8 Å². The third-order valence-electron chi connectivity index (χ3n) is 12.2. The Morgan fingerprint density at radius 1 is 0.623 bits per heavy atom. The average Bonchev–Trinajstić information content (AvgIpc) is 3.55. The van der Waals surface area contributed by atoms with Crippen LogP contribution < -0.4 is 4.90 Å². The molecule has 0 saturated heterocycles. The van der Waals surface area contributed by atoms with Gasteiger partial charge < -0.3 is 4.90 Å². The van der Waals surface area contributed by atoms with Crippen molar-refractivity contribution >= 4 is 28.7 Å². The standard InChI is InChI=1S/C52H57N/c1-34-15-24-43(25-16-34)53(44-26-17-35(2)18-27-44)45-28-21-39(22-29-45)40-19-20-41-31-37(4)52(48(41)32-40)38(5)46(14-12-13-36(3)50(6,7)8)47-30-23-42(33-49(47)52)51(9,10)11/h12-13,15-33,36H,14H2,1-11H3/b13-12-. The van der Waals surface area contributed by atoms with Crippen LogP contribution in [0.1, 0.15) is 108 Å². The molecule has 2 aliphatic rings. The van der Waals surface area contributed by atoms with Gasteiger partial charge in [-0.15, -0.1) is 0 Å². The number of rotatable bonds is 7. The molecule has 1 heteroatoms. The lowest BCUT2D eigenvalue weighted by molar-refractivity contribution is 0.314. The van der Waals surface area contributed by atoms with Crippen LogP contribution in [0.25, 0.3) is 22.8 Å². The van der Waals surface area contributed by atoms with Gasteiger partial charge in [-0.2, -0.15) is 0 Å². The highest BCUT2D eigenvalue weighted by Gasteiger charge is 2.49. The zero-order chi connectivity index (χ0) is 37.9. The van der Waals surface area contributed by atoms with Gasteiger partial charge in [0.15, 0.2) is 0 Å². The fourth-order valence-electron chi connectivity index (χ4n) is 8.39. The van der Waals surface area contributed by atoms with Crippen molar-refractivity contribution in [2.45, 2.75) is 93.4 Å². The molecule has 0 saturated carbocycles. The van der Waals surface area contributed by atoms with Crippen LogP contribution in [0.4, 0.5) is 17.1 Å². The van der Waals surface area contributed by atoms with Crippen molar-refractivity contribution in [2.24, 2.45) is 11.3 Å². The summed E-state index contributed by atoms with van der Waals surface area (Å²) in [5.74, 6) is 0.505. The van der Waals surface area contributed by atoms with Crippen molar-refractivity contribution in [3.05, 3.63) is 171 Å². The summed E-state index contributed by atoms with van der Waals surface area (Å²) < 4.78 is 0. The number of aryl methyl sites for hydroxylation is 2. The lowest BCUT2D eigenvalue weighted by Gasteiger charge is -2.33. The molecule has 0 N–H and O–H groups in total. The Kier molecular flexibility index (Phi) is 9.30. The molecule has 1 spiro atoms. The zero-order valence-electron chi connectivity index (χ0n) is 33.9. The molecule has 270 valence electrons. The predicted octanol–water partition coefficient (Wildman–Crippen LogP) is 14.9. The van der Waals surface area contributed by atoms with Crippen molar-refractivity contribution in [1.82, 2.24) is 0 Å². The SMILES string of the molecule is CC1=Cc2ccc(-c3ccc(N(c4ccc(C)cc4)c4ccc(C)cc4)cc3)cc2C12C(C)=C(C/C=C\C(C)C(C)(C)C)c1ccc(C(C)(C)C)cc12. The highest BCUT2D eigenvalue weighted by molar-refractivity contribution is 5.91. The number of hydrogen-bond donors (Lipinski definition) is 0. The summed E-state index contributed by atoms with van der Waals surface area (Å²) in [5.41, 5.74) is 19.8. The summed E-state index contributed by atoms with van der Waals surface area (Å²) in [6.07, 6.45) is 8.25. The van der Waals surface area contributed by atoms with Crippen LogP contribution in [0.3, 0.4) is 0 Å². The molecule has 5 aromatic carbocycles. The topological polar surface area (TPSA) is 3.24 Å². The second-order valence-corrected chi connectivity index (χ2v) is 17.8. The molecule has 2 unspecified atom stereocenters. The Hall–Kier alpha value is -4.88. The molecule has 2 aliphatic carbocycles. The molecular formula is C52H57N. The third-order valence-corrected chi connectivity index (χ3v) is 12.2. The van der Waals surface area contributed by atoms with E-state index in [1.807, 2.05) is 0 Å². The number of anilines is 3. The molecular weight excluding hydrogens is 639 g/mol. The minimum Gasteiger partial charge on any atom is -0.311 e. The largest absolute Gasteiger partial charge is 0.311 e. The summed E-state index contributed by atoms with van der Waals surface area (Å²) in [5, 5.41) is 0. The van der Waals surface area contributed by atoms with Gasteiger partial charge in [-0.1, -0.05) is 156 Å². The summed E-state index contributed by atoms with van der Waals surface area (Å²) in [4.78, 5) is 2.35. The minimum absolute atomic E-state index is 0.0581. The van der Waals surface area contributed by atoms with Crippen LogP contribution in [-0.4, -0.2) is 0 Å². The third kappa shape index (κ3) is 6.54. The van der Waals surface area contributed by atoms with Gasteiger partial charge in [-0.3, -0.25) is 0 Å². The molecule has 5 aromatic rings. The second-order valence-electron chi connectivity index (χ2n) is 17.8. The molecule has 0 fully saturated rings. The second kappa shape index (κ2) is 13.5. The van der Waals surface area contributed by atoms with E-state index in [1.165, 1.54) is 66.8 Å². The van der Waals surface area contributed by atoms with Crippen molar-refractivity contribution < 1.29 is 0 Å². The Morgan fingerprint density at radius 2 is 1.17 bits per heavy atom. The number of fused-ring (bicyclic) bond motifs is 4. The average molecular weight is 696 g/mol. The van der Waals surface area contributed by atoms with E-state index in [2.05, 4.69) is 208 Å². The van der Waals surface area contributed by atoms with Crippen LogP contribution >= 0.6 is 0 Å². The maximum absolute atomic E-state index is 2.53. The van der Waals surface area contributed by atoms with Gasteiger partial charge in [0, 0.05) is 17.1 Å². The Bertz CT molecular complexity index is 2200. The molecule has 0 amide bonds. The highest BCUT2D eigenvalue weighted by Crippen LogP contribution is 2.60. The van der Waals surface area contributed by atoms with E-state index >= 15 is 0 Å². The predicted molar refractivity (Wildman–Crippen MR) is 231 cm³/mol. The monoisotopic (exact) mass is 695 g/mol. The summed E-state index contributed by atoms with van der Waals surface area (Å²) in [6.45, 7) is 25.4.